The predicted molar refractivity (Wildman–Crippen MR) is 53.2 cm³/mol. The molecule has 0 spiro atoms. The highest BCUT2D eigenvalue weighted by molar-refractivity contribution is 5.67. The molecule has 0 amide bonds. The van der Waals surface area contributed by atoms with E-state index < -0.39 is 5.97 Å². The summed E-state index contributed by atoms with van der Waals surface area (Å²) in [6.07, 6.45) is 0.599. The second-order valence-electron chi connectivity index (χ2n) is 3.63. The van der Waals surface area contributed by atoms with Gasteiger partial charge >= 0.3 is 5.97 Å². The SMILES string of the molecule is O=C(O)CCC1COc2cccc(O)c21. The zero-order valence-electron chi connectivity index (χ0n) is 8.14. The first-order valence-corrected chi connectivity index (χ1v) is 4.85. The molecule has 1 aromatic carbocycles. The van der Waals surface area contributed by atoms with E-state index in [0.717, 1.165) is 5.56 Å². The van der Waals surface area contributed by atoms with E-state index in [1.807, 2.05) is 0 Å². The lowest BCUT2D eigenvalue weighted by Crippen LogP contribution is -2.04. The maximum absolute atomic E-state index is 10.4. The third-order valence-electron chi connectivity index (χ3n) is 2.60. The van der Waals surface area contributed by atoms with Crippen LogP contribution in [-0.4, -0.2) is 22.8 Å². The molecule has 15 heavy (non-hydrogen) atoms. The zero-order valence-corrected chi connectivity index (χ0v) is 8.14. The Morgan fingerprint density at radius 1 is 1.53 bits per heavy atom. The third kappa shape index (κ3) is 1.88. The van der Waals surface area contributed by atoms with Gasteiger partial charge in [-0.25, -0.2) is 0 Å². The Labute approximate surface area is 87.1 Å². The molecule has 0 fully saturated rings. The Hall–Kier alpha value is -1.71. The summed E-state index contributed by atoms with van der Waals surface area (Å²) in [5, 5.41) is 18.2. The molecule has 1 atom stereocenters. The van der Waals surface area contributed by atoms with Gasteiger partial charge < -0.3 is 14.9 Å². The highest BCUT2D eigenvalue weighted by Gasteiger charge is 2.27. The molecule has 1 aromatic rings. The van der Waals surface area contributed by atoms with E-state index in [1.165, 1.54) is 0 Å². The summed E-state index contributed by atoms with van der Waals surface area (Å²) in [6.45, 7) is 0.459. The van der Waals surface area contributed by atoms with E-state index in [-0.39, 0.29) is 18.1 Å². The van der Waals surface area contributed by atoms with Crippen molar-refractivity contribution < 1.29 is 19.7 Å². The standard InChI is InChI=1S/C11H12O4/c12-8-2-1-3-9-11(8)7(6-15-9)4-5-10(13)14/h1-3,7,12H,4-6H2,(H,13,14). The molecule has 1 heterocycles. The van der Waals surface area contributed by atoms with E-state index in [0.29, 0.717) is 18.8 Å². The van der Waals surface area contributed by atoms with Gasteiger partial charge in [-0.05, 0) is 18.6 Å². The van der Waals surface area contributed by atoms with Crippen LogP contribution in [0, 0.1) is 0 Å². The number of carboxylic acids is 1. The molecule has 2 N–H and O–H groups in total. The second-order valence-corrected chi connectivity index (χ2v) is 3.63. The first kappa shape index (κ1) is 9.83. The van der Waals surface area contributed by atoms with Crippen molar-refractivity contribution in [2.75, 3.05) is 6.61 Å². The lowest BCUT2D eigenvalue weighted by atomic mass is 9.95. The third-order valence-corrected chi connectivity index (χ3v) is 2.60. The maximum atomic E-state index is 10.4. The molecule has 1 unspecified atom stereocenters. The number of phenols is 1. The monoisotopic (exact) mass is 208 g/mol. The molecule has 2 rings (SSSR count). The molecule has 1 aliphatic heterocycles. The summed E-state index contributed by atoms with van der Waals surface area (Å²) < 4.78 is 5.37. The fraction of sp³-hybridized carbons (Fsp3) is 0.364. The average molecular weight is 208 g/mol. The van der Waals surface area contributed by atoms with Crippen LogP contribution in [-0.2, 0) is 4.79 Å². The number of carboxylic acid groups (broad SMARTS) is 1. The van der Waals surface area contributed by atoms with Crippen molar-refractivity contribution in [2.45, 2.75) is 18.8 Å². The van der Waals surface area contributed by atoms with Crippen LogP contribution in [0.3, 0.4) is 0 Å². The van der Waals surface area contributed by atoms with Crippen molar-refractivity contribution in [1.82, 2.24) is 0 Å². The molecule has 4 nitrogen and oxygen atoms in total. The van der Waals surface area contributed by atoms with Crippen molar-refractivity contribution in [3.8, 4) is 11.5 Å². The Morgan fingerprint density at radius 3 is 3.07 bits per heavy atom. The first-order valence-electron chi connectivity index (χ1n) is 4.85. The number of benzene rings is 1. The average Bonchev–Trinajstić information content (AvgIpc) is 2.59. The predicted octanol–water partition coefficient (Wildman–Crippen LogP) is 1.73. The normalized spacial score (nSPS) is 18.3. The van der Waals surface area contributed by atoms with Crippen molar-refractivity contribution in [3.05, 3.63) is 23.8 Å². The molecule has 0 aliphatic carbocycles. The van der Waals surface area contributed by atoms with Gasteiger partial charge in [0.05, 0.1) is 6.61 Å². The number of carbonyl (C=O) groups is 1. The fourth-order valence-corrected chi connectivity index (χ4v) is 1.87. The highest BCUT2D eigenvalue weighted by atomic mass is 16.5. The van der Waals surface area contributed by atoms with Crippen molar-refractivity contribution in [1.29, 1.82) is 0 Å². The van der Waals surface area contributed by atoms with Gasteiger partial charge in [-0.15, -0.1) is 0 Å². The van der Waals surface area contributed by atoms with Crippen molar-refractivity contribution in [3.63, 3.8) is 0 Å². The van der Waals surface area contributed by atoms with E-state index in [9.17, 15) is 9.90 Å². The minimum atomic E-state index is -0.820. The quantitative estimate of drug-likeness (QED) is 0.793. The van der Waals surface area contributed by atoms with E-state index >= 15 is 0 Å². The molecule has 1 aliphatic rings. The van der Waals surface area contributed by atoms with Crippen molar-refractivity contribution in [2.24, 2.45) is 0 Å². The van der Waals surface area contributed by atoms with Gasteiger partial charge in [-0.3, -0.25) is 4.79 Å². The number of aliphatic carboxylic acids is 1. The van der Waals surface area contributed by atoms with Crippen LogP contribution < -0.4 is 4.74 Å². The number of hydrogen-bond donors (Lipinski definition) is 2. The number of rotatable bonds is 3. The van der Waals surface area contributed by atoms with Gasteiger partial charge in [0.1, 0.15) is 11.5 Å². The van der Waals surface area contributed by atoms with Crippen LogP contribution in [0.15, 0.2) is 18.2 Å². The zero-order chi connectivity index (χ0) is 10.8. The van der Waals surface area contributed by atoms with Gasteiger partial charge in [0, 0.05) is 17.9 Å². The smallest absolute Gasteiger partial charge is 0.303 e. The lowest BCUT2D eigenvalue weighted by molar-refractivity contribution is -0.137. The summed E-state index contributed by atoms with van der Waals surface area (Å²) in [7, 11) is 0. The molecule has 0 radical (unpaired) electrons. The summed E-state index contributed by atoms with van der Waals surface area (Å²) in [6, 6.07) is 5.10. The number of fused-ring (bicyclic) bond motifs is 1. The molecule has 0 saturated carbocycles. The summed E-state index contributed by atoms with van der Waals surface area (Å²) >= 11 is 0. The number of aromatic hydroxyl groups is 1. The Balaban J connectivity index is 2.17. The Bertz CT molecular complexity index is 386. The summed E-state index contributed by atoms with van der Waals surface area (Å²) in [4.78, 5) is 10.4. The molecule has 4 heteroatoms. The minimum absolute atomic E-state index is 0.00250. The minimum Gasteiger partial charge on any atom is -0.508 e. The maximum Gasteiger partial charge on any atom is 0.303 e. The van der Waals surface area contributed by atoms with Crippen LogP contribution in [0.4, 0.5) is 0 Å². The Morgan fingerprint density at radius 2 is 2.33 bits per heavy atom. The van der Waals surface area contributed by atoms with E-state index in [4.69, 9.17) is 9.84 Å². The van der Waals surface area contributed by atoms with Crippen molar-refractivity contribution >= 4 is 5.97 Å². The molecule has 0 saturated heterocycles. The summed E-state index contributed by atoms with van der Waals surface area (Å²) in [5.74, 6) is 0.0435. The first-order chi connectivity index (χ1) is 7.18. The second kappa shape index (κ2) is 3.81. The highest BCUT2D eigenvalue weighted by Crippen LogP contribution is 2.41. The molecule has 80 valence electrons. The van der Waals surface area contributed by atoms with Crippen LogP contribution in [0.25, 0.3) is 0 Å². The van der Waals surface area contributed by atoms with Gasteiger partial charge in [-0.2, -0.15) is 0 Å². The van der Waals surface area contributed by atoms with Crippen LogP contribution in [0.1, 0.15) is 24.3 Å². The number of ether oxygens (including phenoxy) is 1. The Kier molecular flexibility index (Phi) is 2.49. The van der Waals surface area contributed by atoms with E-state index in [2.05, 4.69) is 0 Å². The van der Waals surface area contributed by atoms with Gasteiger partial charge in [0.2, 0.25) is 0 Å². The van der Waals surface area contributed by atoms with E-state index in [1.54, 1.807) is 18.2 Å². The van der Waals surface area contributed by atoms with Gasteiger partial charge in [0.15, 0.2) is 0 Å². The van der Waals surface area contributed by atoms with Gasteiger partial charge in [-0.1, -0.05) is 6.07 Å². The largest absolute Gasteiger partial charge is 0.508 e. The van der Waals surface area contributed by atoms with Crippen LogP contribution >= 0.6 is 0 Å². The fourth-order valence-electron chi connectivity index (χ4n) is 1.87. The van der Waals surface area contributed by atoms with Crippen LogP contribution in [0.2, 0.25) is 0 Å². The molecular weight excluding hydrogens is 196 g/mol. The van der Waals surface area contributed by atoms with Gasteiger partial charge in [0.25, 0.3) is 0 Å². The molecule has 0 bridgehead atoms. The summed E-state index contributed by atoms with van der Waals surface area (Å²) in [5.41, 5.74) is 0.749. The molecular formula is C11H12O4. The molecule has 0 aromatic heterocycles. The number of phenolic OH excluding ortho intramolecular Hbond substituents is 1. The number of hydrogen-bond acceptors (Lipinski definition) is 3. The lowest BCUT2D eigenvalue weighted by Gasteiger charge is -2.07. The van der Waals surface area contributed by atoms with Crippen LogP contribution in [0.5, 0.6) is 11.5 Å². The topological polar surface area (TPSA) is 66.8 Å².